The Morgan fingerprint density at radius 1 is 1.07 bits per heavy atom. The number of carbonyl (C=O) groups excluding carboxylic acids is 1. The highest BCUT2D eigenvalue weighted by atomic mass is 32.1. The Hall–Kier alpha value is -2.84. The zero-order valence-electron chi connectivity index (χ0n) is 17.7. The number of nitrogens with one attached hydrogen (secondary N) is 1. The summed E-state index contributed by atoms with van der Waals surface area (Å²) in [6, 6.07) is 15.9. The first-order valence-electron chi connectivity index (χ1n) is 10.1. The molecule has 0 aliphatic carbocycles. The molecule has 0 saturated heterocycles. The summed E-state index contributed by atoms with van der Waals surface area (Å²) in [5.41, 5.74) is 3.99. The molecule has 1 heterocycles. The second kappa shape index (κ2) is 10.3. The van der Waals surface area contributed by atoms with E-state index in [0.717, 1.165) is 17.7 Å². The summed E-state index contributed by atoms with van der Waals surface area (Å²) in [5.74, 6) is -0.0868. The van der Waals surface area contributed by atoms with E-state index in [0.29, 0.717) is 23.5 Å². The van der Waals surface area contributed by atoms with Crippen LogP contribution in [0.5, 0.6) is 0 Å². The van der Waals surface area contributed by atoms with Crippen molar-refractivity contribution < 1.29 is 4.79 Å². The fourth-order valence-corrected chi connectivity index (χ4v) is 3.44. The molecular formula is C22H28N6OS. The number of hydrogen-bond donors (Lipinski definition) is 1. The van der Waals surface area contributed by atoms with E-state index in [4.69, 9.17) is 12.2 Å². The van der Waals surface area contributed by atoms with Crippen molar-refractivity contribution in [3.05, 3.63) is 70.0 Å². The summed E-state index contributed by atoms with van der Waals surface area (Å²) in [6.07, 6.45) is 3.46. The zero-order chi connectivity index (χ0) is 21.5. The number of amides is 1. The van der Waals surface area contributed by atoms with E-state index < -0.39 is 0 Å². The third-order valence-corrected chi connectivity index (χ3v) is 5.29. The van der Waals surface area contributed by atoms with Crippen LogP contribution in [-0.4, -0.2) is 44.7 Å². The first-order chi connectivity index (χ1) is 14.5. The molecule has 3 rings (SSSR count). The maximum Gasteiger partial charge on any atom is 0.251 e. The molecule has 0 spiro atoms. The molecule has 7 nitrogen and oxygen atoms in total. The SMILES string of the molecule is CCCCc1ccc(-n2nnn(CN(C)Cc3ccc(C(=O)NC)cc3)c2=S)cc1. The summed E-state index contributed by atoms with van der Waals surface area (Å²) < 4.78 is 3.95. The Morgan fingerprint density at radius 3 is 2.37 bits per heavy atom. The van der Waals surface area contributed by atoms with Gasteiger partial charge in [0.25, 0.3) is 5.91 Å². The van der Waals surface area contributed by atoms with Crippen LogP contribution in [0.25, 0.3) is 5.69 Å². The Kier molecular flexibility index (Phi) is 7.48. The highest BCUT2D eigenvalue weighted by molar-refractivity contribution is 7.71. The van der Waals surface area contributed by atoms with Crippen LogP contribution >= 0.6 is 12.2 Å². The Labute approximate surface area is 182 Å². The fourth-order valence-electron chi connectivity index (χ4n) is 3.21. The lowest BCUT2D eigenvalue weighted by Crippen LogP contribution is -2.23. The third-order valence-electron chi connectivity index (χ3n) is 4.91. The Balaban J connectivity index is 1.64. The van der Waals surface area contributed by atoms with E-state index in [1.54, 1.807) is 16.4 Å². The number of rotatable bonds is 9. The van der Waals surface area contributed by atoms with Crippen molar-refractivity contribution in [1.29, 1.82) is 0 Å². The first-order valence-corrected chi connectivity index (χ1v) is 10.5. The second-order valence-electron chi connectivity index (χ2n) is 7.37. The van der Waals surface area contributed by atoms with E-state index in [2.05, 4.69) is 39.7 Å². The van der Waals surface area contributed by atoms with E-state index in [1.807, 2.05) is 43.4 Å². The largest absolute Gasteiger partial charge is 0.355 e. The van der Waals surface area contributed by atoms with Crippen molar-refractivity contribution in [2.75, 3.05) is 14.1 Å². The minimum absolute atomic E-state index is 0.0868. The van der Waals surface area contributed by atoms with Gasteiger partial charge >= 0.3 is 0 Å². The molecule has 0 aliphatic rings. The van der Waals surface area contributed by atoms with Gasteiger partial charge in [0.2, 0.25) is 4.77 Å². The molecular weight excluding hydrogens is 396 g/mol. The molecule has 0 fully saturated rings. The molecule has 0 radical (unpaired) electrons. The van der Waals surface area contributed by atoms with Gasteiger partial charge in [-0.3, -0.25) is 9.69 Å². The number of hydrogen-bond acceptors (Lipinski definition) is 5. The van der Waals surface area contributed by atoms with Crippen molar-refractivity contribution in [3.8, 4) is 5.69 Å². The minimum Gasteiger partial charge on any atom is -0.355 e. The van der Waals surface area contributed by atoms with Crippen molar-refractivity contribution in [2.45, 2.75) is 39.4 Å². The van der Waals surface area contributed by atoms with Crippen LogP contribution in [0.1, 0.15) is 41.3 Å². The van der Waals surface area contributed by atoms with E-state index in [-0.39, 0.29) is 5.91 Å². The summed E-state index contributed by atoms with van der Waals surface area (Å²) in [7, 11) is 3.62. The topological polar surface area (TPSA) is 68.0 Å². The molecule has 1 amide bonds. The van der Waals surface area contributed by atoms with Crippen molar-refractivity contribution >= 4 is 18.1 Å². The lowest BCUT2D eigenvalue weighted by atomic mass is 10.1. The van der Waals surface area contributed by atoms with E-state index >= 15 is 0 Å². The minimum atomic E-state index is -0.0868. The van der Waals surface area contributed by atoms with Crippen LogP contribution in [0.15, 0.2) is 48.5 Å². The van der Waals surface area contributed by atoms with Gasteiger partial charge in [-0.05, 0) is 77.9 Å². The smallest absolute Gasteiger partial charge is 0.251 e. The first kappa shape index (κ1) is 21.9. The van der Waals surface area contributed by atoms with Crippen LogP contribution < -0.4 is 5.32 Å². The molecule has 30 heavy (non-hydrogen) atoms. The quantitative estimate of drug-likeness (QED) is 0.532. The number of aromatic nitrogens is 4. The van der Waals surface area contributed by atoms with Gasteiger partial charge in [0.1, 0.15) is 0 Å². The summed E-state index contributed by atoms with van der Waals surface area (Å²) >= 11 is 5.58. The van der Waals surface area contributed by atoms with Gasteiger partial charge in [-0.25, -0.2) is 4.68 Å². The summed E-state index contributed by atoms with van der Waals surface area (Å²) in [4.78, 5) is 13.8. The maximum atomic E-state index is 11.7. The van der Waals surface area contributed by atoms with Gasteiger partial charge < -0.3 is 5.32 Å². The third kappa shape index (κ3) is 5.40. The molecule has 2 aromatic carbocycles. The van der Waals surface area contributed by atoms with Crippen molar-refractivity contribution in [2.24, 2.45) is 0 Å². The number of tetrazole rings is 1. The molecule has 158 valence electrons. The molecule has 0 bridgehead atoms. The number of unbranched alkanes of at least 4 members (excludes halogenated alkanes) is 1. The lowest BCUT2D eigenvalue weighted by molar-refractivity contribution is 0.0963. The number of carbonyl (C=O) groups is 1. The lowest BCUT2D eigenvalue weighted by Gasteiger charge is -2.16. The van der Waals surface area contributed by atoms with Gasteiger partial charge in [0.05, 0.1) is 12.4 Å². The average molecular weight is 425 g/mol. The molecule has 0 aliphatic heterocycles. The molecule has 3 aromatic rings. The van der Waals surface area contributed by atoms with Crippen LogP contribution in [0, 0.1) is 4.77 Å². The normalized spacial score (nSPS) is 11.1. The van der Waals surface area contributed by atoms with Crippen molar-refractivity contribution in [3.63, 3.8) is 0 Å². The molecule has 8 heteroatoms. The number of aryl methyl sites for hydroxylation is 1. The predicted molar refractivity (Wildman–Crippen MR) is 120 cm³/mol. The highest BCUT2D eigenvalue weighted by Gasteiger charge is 2.09. The zero-order valence-corrected chi connectivity index (χ0v) is 18.5. The van der Waals surface area contributed by atoms with Crippen LogP contribution in [-0.2, 0) is 19.6 Å². The molecule has 0 unspecified atom stereocenters. The molecule has 0 atom stereocenters. The average Bonchev–Trinajstić information content (AvgIpc) is 3.12. The van der Waals surface area contributed by atoms with Gasteiger partial charge in [0, 0.05) is 19.2 Å². The molecule has 1 N–H and O–H groups in total. The number of benzene rings is 2. The monoisotopic (exact) mass is 424 g/mol. The predicted octanol–water partition coefficient (Wildman–Crippen LogP) is 3.59. The molecule has 1 aromatic heterocycles. The van der Waals surface area contributed by atoms with Gasteiger partial charge in [-0.15, -0.1) is 0 Å². The summed E-state index contributed by atoms with van der Waals surface area (Å²) in [6.45, 7) is 3.42. The van der Waals surface area contributed by atoms with E-state index in [9.17, 15) is 4.79 Å². The fraction of sp³-hybridized carbons (Fsp3) is 0.364. The van der Waals surface area contributed by atoms with Crippen LogP contribution in [0.3, 0.4) is 0 Å². The highest BCUT2D eigenvalue weighted by Crippen LogP contribution is 2.12. The van der Waals surface area contributed by atoms with Gasteiger partial charge in [-0.2, -0.15) is 4.68 Å². The maximum absolute atomic E-state index is 11.7. The van der Waals surface area contributed by atoms with Crippen LogP contribution in [0.4, 0.5) is 0 Å². The number of nitrogens with zero attached hydrogens (tertiary/aromatic N) is 5. The summed E-state index contributed by atoms with van der Waals surface area (Å²) in [5, 5.41) is 11.1. The second-order valence-corrected chi connectivity index (χ2v) is 7.74. The van der Waals surface area contributed by atoms with Gasteiger partial charge in [-0.1, -0.05) is 37.6 Å². The van der Waals surface area contributed by atoms with E-state index in [1.165, 1.54) is 18.4 Å². The molecule has 0 saturated carbocycles. The standard InChI is InChI=1S/C22H28N6OS/c1-4-5-6-17-9-13-20(14-10-17)28-22(30)27(24-25-28)16-26(3)15-18-7-11-19(12-8-18)21(29)23-2/h7-14H,4-6,15-16H2,1-3H3,(H,23,29). The Bertz CT molecular complexity index is 1020. The van der Waals surface area contributed by atoms with Gasteiger partial charge in [0.15, 0.2) is 0 Å². The van der Waals surface area contributed by atoms with Crippen LogP contribution in [0.2, 0.25) is 0 Å². The van der Waals surface area contributed by atoms with Crippen molar-refractivity contribution in [1.82, 2.24) is 30.0 Å². The Morgan fingerprint density at radius 2 is 1.73 bits per heavy atom.